The Morgan fingerprint density at radius 3 is 1.92 bits per heavy atom. The molecule has 0 aliphatic carbocycles. The highest BCUT2D eigenvalue weighted by Crippen LogP contribution is 2.13. The van der Waals surface area contributed by atoms with Gasteiger partial charge in [0.05, 0.1) is 0 Å². The molecule has 2 heteroatoms. The fraction of sp³-hybridized carbons (Fsp3) is 0.900. The molecule has 0 aromatic heterocycles. The van der Waals surface area contributed by atoms with Crippen LogP contribution in [0.1, 0.15) is 47.5 Å². The minimum atomic E-state index is 0.500. The summed E-state index contributed by atoms with van der Waals surface area (Å²) >= 11 is 0. The predicted molar refractivity (Wildman–Crippen MR) is 53.7 cm³/mol. The summed E-state index contributed by atoms with van der Waals surface area (Å²) in [4.78, 5) is 1.83. The molecule has 0 spiro atoms. The number of hydrogen-bond donors (Lipinski definition) is 0. The molecule has 72 valence electrons. The van der Waals surface area contributed by atoms with E-state index < -0.39 is 0 Å². The molecule has 0 aromatic rings. The van der Waals surface area contributed by atoms with Crippen LogP contribution in [0.25, 0.3) is 0 Å². The summed E-state index contributed by atoms with van der Waals surface area (Å²) in [6.07, 6.45) is 4.52. The second-order valence-electron chi connectivity index (χ2n) is 2.28. The molecule has 0 amide bonds. The Morgan fingerprint density at radius 2 is 1.75 bits per heavy atom. The highest BCUT2D eigenvalue weighted by molar-refractivity contribution is 4.84. The van der Waals surface area contributed by atoms with Crippen LogP contribution in [-0.4, -0.2) is 17.5 Å². The fourth-order valence-electron chi connectivity index (χ4n) is 1.08. The summed E-state index contributed by atoms with van der Waals surface area (Å²) in [6, 6.07) is 0.500. The minimum Gasteiger partial charge on any atom is -0.308 e. The summed E-state index contributed by atoms with van der Waals surface area (Å²) in [5.41, 5.74) is 0. The molecule has 0 radical (unpaired) electrons. The van der Waals surface area contributed by atoms with E-state index in [2.05, 4.69) is 13.1 Å². The Hall–Kier alpha value is -0.710. The topological polar surface area (TPSA) is 27.0 Å². The predicted octanol–water partition coefficient (Wildman–Crippen LogP) is 3.00. The molecule has 1 fully saturated rings. The van der Waals surface area contributed by atoms with Crippen molar-refractivity contribution < 1.29 is 0 Å². The molecule has 1 aliphatic heterocycles. The van der Waals surface area contributed by atoms with Gasteiger partial charge in [-0.05, 0) is 19.8 Å². The molecule has 1 atom stereocenters. The monoisotopic (exact) mass is 170 g/mol. The van der Waals surface area contributed by atoms with Gasteiger partial charge in [0.2, 0.25) is 0 Å². The van der Waals surface area contributed by atoms with E-state index in [-0.39, 0.29) is 0 Å². The van der Waals surface area contributed by atoms with Gasteiger partial charge in [-0.25, -0.2) is 0 Å². The van der Waals surface area contributed by atoms with Gasteiger partial charge in [0, 0.05) is 12.6 Å². The van der Waals surface area contributed by atoms with Gasteiger partial charge in [-0.1, -0.05) is 27.7 Å². The average molecular weight is 170 g/mol. The standard InChI is InChI=1S/C6H10N2.2C2H6/c1-6-3-2-4-8(6)5-7;2*1-2/h6H,2-4H2,1H3;2*1-2H3. The third-order valence-corrected chi connectivity index (χ3v) is 1.68. The van der Waals surface area contributed by atoms with E-state index in [4.69, 9.17) is 5.26 Å². The number of likely N-dealkylation sites (tertiary alicyclic amines) is 1. The SMILES string of the molecule is CC.CC.CC1CCCN1C#N. The highest BCUT2D eigenvalue weighted by atomic mass is 15.2. The Morgan fingerprint density at radius 1 is 1.25 bits per heavy atom. The summed E-state index contributed by atoms with van der Waals surface area (Å²) in [5.74, 6) is 0. The molecular weight excluding hydrogens is 148 g/mol. The van der Waals surface area contributed by atoms with Gasteiger partial charge in [0.1, 0.15) is 0 Å². The Labute approximate surface area is 77.2 Å². The number of nitriles is 1. The van der Waals surface area contributed by atoms with Gasteiger partial charge in [0.25, 0.3) is 0 Å². The van der Waals surface area contributed by atoms with Crippen molar-refractivity contribution in [3.63, 3.8) is 0 Å². The molecule has 2 nitrogen and oxygen atoms in total. The summed E-state index contributed by atoms with van der Waals surface area (Å²) in [7, 11) is 0. The summed E-state index contributed by atoms with van der Waals surface area (Å²) < 4.78 is 0. The lowest BCUT2D eigenvalue weighted by molar-refractivity contribution is 0.388. The van der Waals surface area contributed by atoms with Crippen LogP contribution in [0.2, 0.25) is 0 Å². The van der Waals surface area contributed by atoms with E-state index in [1.165, 1.54) is 12.8 Å². The van der Waals surface area contributed by atoms with Gasteiger partial charge >= 0.3 is 0 Å². The van der Waals surface area contributed by atoms with Crippen molar-refractivity contribution in [3.8, 4) is 6.19 Å². The van der Waals surface area contributed by atoms with Gasteiger partial charge < -0.3 is 4.90 Å². The molecule has 0 aromatic carbocycles. The van der Waals surface area contributed by atoms with E-state index in [1.807, 2.05) is 32.6 Å². The van der Waals surface area contributed by atoms with E-state index in [0.717, 1.165) is 6.54 Å². The molecule has 1 unspecified atom stereocenters. The number of rotatable bonds is 0. The number of nitrogens with zero attached hydrogens (tertiary/aromatic N) is 2. The van der Waals surface area contributed by atoms with Crippen LogP contribution in [0.15, 0.2) is 0 Å². The molecule has 1 heterocycles. The molecule has 12 heavy (non-hydrogen) atoms. The van der Waals surface area contributed by atoms with Crippen LogP contribution in [0.5, 0.6) is 0 Å². The van der Waals surface area contributed by atoms with Crippen molar-refractivity contribution >= 4 is 0 Å². The molecule has 1 saturated heterocycles. The van der Waals surface area contributed by atoms with Crippen molar-refractivity contribution in [2.75, 3.05) is 6.54 Å². The van der Waals surface area contributed by atoms with Crippen molar-refractivity contribution in [3.05, 3.63) is 0 Å². The normalized spacial score (nSPS) is 19.7. The molecule has 1 rings (SSSR count). The second-order valence-corrected chi connectivity index (χ2v) is 2.28. The Balaban J connectivity index is 0. The van der Waals surface area contributed by atoms with Crippen molar-refractivity contribution in [1.29, 1.82) is 5.26 Å². The first-order chi connectivity index (χ1) is 5.84. The maximum atomic E-state index is 8.41. The zero-order chi connectivity index (χ0) is 9.98. The van der Waals surface area contributed by atoms with Crippen LogP contribution in [0.3, 0.4) is 0 Å². The number of hydrogen-bond acceptors (Lipinski definition) is 2. The van der Waals surface area contributed by atoms with Crippen molar-refractivity contribution in [2.24, 2.45) is 0 Å². The first-order valence-corrected chi connectivity index (χ1v) is 5.01. The quantitative estimate of drug-likeness (QED) is 0.522. The molecule has 0 bridgehead atoms. The van der Waals surface area contributed by atoms with Crippen LogP contribution in [-0.2, 0) is 0 Å². The van der Waals surface area contributed by atoms with Crippen molar-refractivity contribution in [1.82, 2.24) is 4.90 Å². The van der Waals surface area contributed by atoms with Crippen LogP contribution in [0.4, 0.5) is 0 Å². The van der Waals surface area contributed by atoms with Gasteiger partial charge in [-0.2, -0.15) is 5.26 Å². The van der Waals surface area contributed by atoms with Crippen molar-refractivity contribution in [2.45, 2.75) is 53.5 Å². The van der Waals surface area contributed by atoms with E-state index in [1.54, 1.807) is 0 Å². The Kier molecular flexibility index (Phi) is 11.9. The third-order valence-electron chi connectivity index (χ3n) is 1.68. The van der Waals surface area contributed by atoms with Crippen LogP contribution < -0.4 is 0 Å². The molecular formula is C10H22N2. The van der Waals surface area contributed by atoms with Gasteiger partial charge in [0.15, 0.2) is 6.19 Å². The molecule has 0 saturated carbocycles. The first kappa shape index (κ1) is 13.9. The smallest absolute Gasteiger partial charge is 0.179 e. The summed E-state index contributed by atoms with van der Waals surface area (Å²) in [5, 5.41) is 8.41. The van der Waals surface area contributed by atoms with Crippen LogP contribution >= 0.6 is 0 Å². The fourth-order valence-corrected chi connectivity index (χ4v) is 1.08. The lowest BCUT2D eigenvalue weighted by Crippen LogP contribution is -2.20. The van der Waals surface area contributed by atoms with Crippen LogP contribution in [0, 0.1) is 11.5 Å². The Bertz CT molecular complexity index is 115. The highest BCUT2D eigenvalue weighted by Gasteiger charge is 2.17. The molecule has 0 N–H and O–H groups in total. The second kappa shape index (κ2) is 10.3. The molecule has 1 aliphatic rings. The van der Waals surface area contributed by atoms with Gasteiger partial charge in [-0.3, -0.25) is 0 Å². The lowest BCUT2D eigenvalue weighted by atomic mass is 10.2. The van der Waals surface area contributed by atoms with E-state index >= 15 is 0 Å². The average Bonchev–Trinajstić information content (AvgIpc) is 2.58. The minimum absolute atomic E-state index is 0.500. The van der Waals surface area contributed by atoms with E-state index in [0.29, 0.717) is 6.04 Å². The maximum Gasteiger partial charge on any atom is 0.179 e. The van der Waals surface area contributed by atoms with Gasteiger partial charge in [-0.15, -0.1) is 0 Å². The first-order valence-electron chi connectivity index (χ1n) is 5.01. The largest absolute Gasteiger partial charge is 0.308 e. The maximum absolute atomic E-state index is 8.41. The zero-order valence-corrected chi connectivity index (χ0v) is 9.09. The van der Waals surface area contributed by atoms with E-state index in [9.17, 15) is 0 Å². The zero-order valence-electron chi connectivity index (χ0n) is 9.09. The summed E-state index contributed by atoms with van der Waals surface area (Å²) in [6.45, 7) is 11.1. The lowest BCUT2D eigenvalue weighted by Gasteiger charge is -2.10. The third kappa shape index (κ3) is 5.01.